The fourth-order valence-corrected chi connectivity index (χ4v) is 6.10. The Balaban J connectivity index is 2.47. The zero-order valence-electron chi connectivity index (χ0n) is 35.5. The van der Waals surface area contributed by atoms with Crippen LogP contribution in [-0.2, 0) is 33.3 Å². The third kappa shape index (κ3) is 29.0. The van der Waals surface area contributed by atoms with Gasteiger partial charge in [0.1, 0.15) is 12.7 Å². The molecule has 0 bridgehead atoms. The van der Waals surface area contributed by atoms with Crippen molar-refractivity contribution in [1.82, 2.24) is 4.90 Å². The monoisotopic (exact) mass is 784 g/mol. The molecule has 1 heterocycles. The molecule has 0 aliphatic carbocycles. The minimum atomic E-state index is -1.50. The summed E-state index contributed by atoms with van der Waals surface area (Å²) in [5.74, 6) is -1.34. The third-order valence-electron chi connectivity index (χ3n) is 9.28. The molecular formula is C47H77NO8. The number of allylic oxidation sites excluding steroid dienone is 12. The quantitative estimate of drug-likeness (QED) is 0.0295. The van der Waals surface area contributed by atoms with E-state index in [1.807, 2.05) is 19.0 Å². The Kier molecular flexibility index (Phi) is 32.7. The number of rotatable bonds is 34. The number of nitrogens with zero attached hydrogens (tertiary/aromatic N) is 1. The van der Waals surface area contributed by atoms with Crippen LogP contribution in [0.25, 0.3) is 0 Å². The van der Waals surface area contributed by atoms with E-state index >= 15 is 0 Å². The molecule has 0 aromatic rings. The number of ether oxygens (including phenoxy) is 4. The van der Waals surface area contributed by atoms with Crippen LogP contribution in [0.4, 0.5) is 0 Å². The van der Waals surface area contributed by atoms with E-state index in [4.69, 9.17) is 18.9 Å². The van der Waals surface area contributed by atoms with Gasteiger partial charge in [0, 0.05) is 19.3 Å². The highest BCUT2D eigenvalue weighted by molar-refractivity contribution is 5.71. The van der Waals surface area contributed by atoms with Crippen LogP contribution in [-0.4, -0.2) is 79.8 Å². The molecule has 0 aromatic heterocycles. The maximum Gasteiger partial charge on any atom is 0.306 e. The second-order valence-electron chi connectivity index (χ2n) is 14.8. The van der Waals surface area contributed by atoms with Crippen molar-refractivity contribution in [3.05, 3.63) is 72.9 Å². The van der Waals surface area contributed by atoms with Gasteiger partial charge in [0.2, 0.25) is 0 Å². The molecule has 1 saturated heterocycles. The van der Waals surface area contributed by atoms with Gasteiger partial charge in [-0.1, -0.05) is 125 Å². The van der Waals surface area contributed by atoms with Crippen LogP contribution < -0.4 is 0 Å². The van der Waals surface area contributed by atoms with Crippen molar-refractivity contribution in [2.24, 2.45) is 0 Å². The average Bonchev–Trinajstić information content (AvgIpc) is 3.45. The molecule has 1 aliphatic rings. The molecule has 1 N–H and O–H groups in total. The summed E-state index contributed by atoms with van der Waals surface area (Å²) in [6.07, 6.45) is 40.7. The first kappa shape index (κ1) is 50.7. The van der Waals surface area contributed by atoms with Gasteiger partial charge < -0.3 is 29.0 Å². The highest BCUT2D eigenvalue weighted by Gasteiger charge is 2.49. The van der Waals surface area contributed by atoms with E-state index in [1.165, 1.54) is 0 Å². The van der Waals surface area contributed by atoms with Crippen molar-refractivity contribution >= 4 is 17.9 Å². The Hall–Kier alpha value is -3.27. The molecule has 1 rings (SSSR count). The molecule has 0 radical (unpaired) electrons. The predicted octanol–water partition coefficient (Wildman–Crippen LogP) is 10.6. The van der Waals surface area contributed by atoms with Gasteiger partial charge >= 0.3 is 17.9 Å². The molecular weight excluding hydrogens is 707 g/mol. The van der Waals surface area contributed by atoms with E-state index in [0.717, 1.165) is 109 Å². The zero-order valence-corrected chi connectivity index (χ0v) is 35.5. The van der Waals surface area contributed by atoms with Crippen LogP contribution in [0.2, 0.25) is 0 Å². The number of aliphatic hydroxyl groups excluding tert-OH is 1. The lowest BCUT2D eigenvalue weighted by Gasteiger charge is -2.23. The van der Waals surface area contributed by atoms with Crippen molar-refractivity contribution in [3.63, 3.8) is 0 Å². The Morgan fingerprint density at radius 3 is 1.43 bits per heavy atom. The summed E-state index contributed by atoms with van der Waals surface area (Å²) in [5.41, 5.74) is 0. The van der Waals surface area contributed by atoms with Crippen LogP contribution in [0.5, 0.6) is 0 Å². The van der Waals surface area contributed by atoms with Crippen molar-refractivity contribution in [3.8, 4) is 0 Å². The van der Waals surface area contributed by atoms with E-state index in [-0.39, 0.29) is 25.9 Å². The lowest BCUT2D eigenvalue weighted by Crippen LogP contribution is -2.42. The fraction of sp³-hybridized carbons (Fsp3) is 0.681. The lowest BCUT2D eigenvalue weighted by molar-refractivity contribution is -0.177. The number of aliphatic hydroxyl groups is 1. The first-order chi connectivity index (χ1) is 27.3. The van der Waals surface area contributed by atoms with E-state index in [0.29, 0.717) is 19.3 Å². The van der Waals surface area contributed by atoms with Gasteiger partial charge in [-0.2, -0.15) is 0 Å². The second-order valence-corrected chi connectivity index (χ2v) is 14.8. The molecule has 1 unspecified atom stereocenters. The number of hydrogen-bond donors (Lipinski definition) is 1. The van der Waals surface area contributed by atoms with Crippen LogP contribution in [0.1, 0.15) is 155 Å². The molecule has 0 aromatic carbocycles. The minimum absolute atomic E-state index is 0.193. The predicted molar refractivity (Wildman–Crippen MR) is 228 cm³/mol. The number of hydrogen-bond acceptors (Lipinski definition) is 9. The van der Waals surface area contributed by atoms with Gasteiger partial charge in [-0.15, -0.1) is 0 Å². The first-order valence-corrected chi connectivity index (χ1v) is 21.7. The van der Waals surface area contributed by atoms with E-state index < -0.39 is 42.5 Å². The Labute approximate surface area is 340 Å². The Morgan fingerprint density at radius 1 is 0.536 bits per heavy atom. The summed E-state index contributed by atoms with van der Waals surface area (Å²) < 4.78 is 22.5. The van der Waals surface area contributed by atoms with Gasteiger partial charge in [-0.05, 0) is 104 Å². The Morgan fingerprint density at radius 2 is 0.946 bits per heavy atom. The van der Waals surface area contributed by atoms with Gasteiger partial charge in [-0.3, -0.25) is 14.4 Å². The molecule has 0 amide bonds. The number of esters is 3. The number of carbonyl (C=O) groups is 3. The van der Waals surface area contributed by atoms with Crippen molar-refractivity contribution < 1.29 is 38.4 Å². The summed E-state index contributed by atoms with van der Waals surface area (Å²) in [5, 5.41) is 10.7. The summed E-state index contributed by atoms with van der Waals surface area (Å²) in [6.45, 7) is 4.80. The van der Waals surface area contributed by atoms with Gasteiger partial charge in [0.15, 0.2) is 18.5 Å². The number of carbonyl (C=O) groups excluding carboxylic acids is 3. The van der Waals surface area contributed by atoms with Gasteiger partial charge in [0.05, 0.1) is 0 Å². The summed E-state index contributed by atoms with van der Waals surface area (Å²) in [7, 11) is 3.86. The van der Waals surface area contributed by atoms with Crippen LogP contribution in [0.3, 0.4) is 0 Å². The standard InChI is InChI=1S/C47H77NO8/c1-5-7-9-11-13-15-17-19-21-23-25-27-29-31-33-36-43(50)55-45-41(40-53-42(49)38-35-39-48(3)4)54-47(52)46(45)56-44(51)37-34-32-30-28-26-24-22-20-18-16-14-12-10-8-6-2/h7-10,13-16,19-22,41,45-47,52H,5-6,11-12,17-18,23-40H2,1-4H3/b9-7-,10-8-,15-13-,16-14-,21-19-,22-20-/t41-,45+,46?,47-/m1/s1. The normalized spacial score (nSPS) is 19.0. The van der Waals surface area contributed by atoms with E-state index in [2.05, 4.69) is 86.8 Å². The maximum atomic E-state index is 12.9. The molecule has 56 heavy (non-hydrogen) atoms. The average molecular weight is 784 g/mol. The SMILES string of the molecule is CC/C=C\C/C=C\C/C=C\CCCCCCCC(=O)OC1[C@H](O)O[C@H](COC(=O)CCCN(C)C)[C@@H]1OC(=O)CCCCCCC/C=C\C/C=C\C/C=C\CC. The zero-order chi connectivity index (χ0) is 40.9. The van der Waals surface area contributed by atoms with Crippen LogP contribution in [0.15, 0.2) is 72.9 Å². The largest absolute Gasteiger partial charge is 0.463 e. The molecule has 9 nitrogen and oxygen atoms in total. The molecule has 318 valence electrons. The Bertz CT molecular complexity index is 1190. The molecule has 1 aliphatic heterocycles. The van der Waals surface area contributed by atoms with Gasteiger partial charge in [0.25, 0.3) is 0 Å². The first-order valence-electron chi connectivity index (χ1n) is 21.7. The van der Waals surface area contributed by atoms with Crippen molar-refractivity contribution in [1.29, 1.82) is 0 Å². The minimum Gasteiger partial charge on any atom is -0.463 e. The molecule has 0 saturated carbocycles. The van der Waals surface area contributed by atoms with Crippen LogP contribution >= 0.6 is 0 Å². The van der Waals surface area contributed by atoms with E-state index in [9.17, 15) is 19.5 Å². The molecule has 9 heteroatoms. The summed E-state index contributed by atoms with van der Waals surface area (Å²) in [4.78, 5) is 40.1. The summed E-state index contributed by atoms with van der Waals surface area (Å²) in [6, 6.07) is 0. The van der Waals surface area contributed by atoms with Gasteiger partial charge in [-0.25, -0.2) is 0 Å². The fourth-order valence-electron chi connectivity index (χ4n) is 6.10. The van der Waals surface area contributed by atoms with Crippen molar-refractivity contribution in [2.75, 3.05) is 27.2 Å². The lowest BCUT2D eigenvalue weighted by atomic mass is 10.1. The number of unbranched alkanes of at least 4 members (excludes halogenated alkanes) is 10. The molecule has 1 fully saturated rings. The van der Waals surface area contributed by atoms with Crippen molar-refractivity contribution in [2.45, 2.75) is 180 Å². The summed E-state index contributed by atoms with van der Waals surface area (Å²) >= 11 is 0. The third-order valence-corrected chi connectivity index (χ3v) is 9.28. The maximum absolute atomic E-state index is 12.9. The van der Waals surface area contributed by atoms with E-state index in [1.54, 1.807) is 0 Å². The smallest absolute Gasteiger partial charge is 0.306 e. The molecule has 4 atom stereocenters. The van der Waals surface area contributed by atoms with Crippen LogP contribution in [0, 0.1) is 0 Å². The topological polar surface area (TPSA) is 112 Å². The second kappa shape index (κ2) is 36.1. The highest BCUT2D eigenvalue weighted by Crippen LogP contribution is 2.27. The molecule has 0 spiro atoms. The highest BCUT2D eigenvalue weighted by atomic mass is 16.7.